The highest BCUT2D eigenvalue weighted by molar-refractivity contribution is 7.99. The van der Waals surface area contributed by atoms with Crippen LogP contribution < -0.4 is 19.5 Å². The molecule has 3 aromatic heterocycles. The Bertz CT molecular complexity index is 1860. The summed E-state index contributed by atoms with van der Waals surface area (Å²) in [5.41, 5.74) is 2.41. The zero-order chi connectivity index (χ0) is 32.8. The van der Waals surface area contributed by atoms with E-state index in [0.717, 1.165) is 27.6 Å². The molecule has 2 amide bonds. The monoisotopic (exact) mass is 688 g/mol. The van der Waals surface area contributed by atoms with Crippen molar-refractivity contribution in [3.05, 3.63) is 98.6 Å². The van der Waals surface area contributed by atoms with Gasteiger partial charge in [0.15, 0.2) is 22.5 Å². The highest BCUT2D eigenvalue weighted by Gasteiger charge is 2.36. The summed E-state index contributed by atoms with van der Waals surface area (Å²) >= 11 is 4.20. The fraction of sp³-hybridized carbons (Fsp3) is 0.242. The lowest BCUT2D eigenvalue weighted by Crippen LogP contribution is -2.29. The predicted octanol–water partition coefficient (Wildman–Crippen LogP) is 6.21. The summed E-state index contributed by atoms with van der Waals surface area (Å²) in [5.74, 6) is 2.04. The van der Waals surface area contributed by atoms with Crippen LogP contribution in [0.1, 0.15) is 45.3 Å². The number of benzene rings is 2. The summed E-state index contributed by atoms with van der Waals surface area (Å²) in [4.78, 5) is 28.3. The molecule has 0 fully saturated rings. The third-order valence-electron chi connectivity index (χ3n) is 7.35. The molecule has 14 heteroatoms. The number of nitrogens with zero attached hydrogens (tertiary/aromatic N) is 5. The normalized spacial score (nSPS) is 14.1. The molecule has 6 rings (SSSR count). The Morgan fingerprint density at radius 3 is 2.49 bits per heavy atom. The van der Waals surface area contributed by atoms with Gasteiger partial charge in [0.1, 0.15) is 5.75 Å². The highest BCUT2D eigenvalue weighted by atomic mass is 32.2. The smallest absolute Gasteiger partial charge is 0.261 e. The van der Waals surface area contributed by atoms with Crippen molar-refractivity contribution in [2.75, 3.05) is 26.6 Å². The number of ether oxygens (including phenoxy) is 3. The first-order valence-corrected chi connectivity index (χ1v) is 17.5. The fourth-order valence-electron chi connectivity index (χ4n) is 5.22. The molecule has 0 unspecified atom stereocenters. The zero-order valence-electron chi connectivity index (χ0n) is 25.9. The molecule has 0 spiro atoms. The topological polar surface area (TPSA) is 120 Å². The predicted molar refractivity (Wildman–Crippen MR) is 183 cm³/mol. The number of hydrazone groups is 1. The van der Waals surface area contributed by atoms with Crippen LogP contribution in [-0.4, -0.2) is 63.9 Å². The lowest BCUT2D eigenvalue weighted by molar-refractivity contribution is -0.130. The molecular weight excluding hydrogens is 657 g/mol. The Labute approximate surface area is 284 Å². The average molecular weight is 689 g/mol. The van der Waals surface area contributed by atoms with Crippen molar-refractivity contribution in [1.82, 2.24) is 25.1 Å². The van der Waals surface area contributed by atoms with Crippen molar-refractivity contribution in [1.29, 1.82) is 0 Å². The third-order valence-corrected chi connectivity index (χ3v) is 10.0. The van der Waals surface area contributed by atoms with Crippen LogP contribution >= 0.6 is 34.4 Å². The molecule has 1 aliphatic rings. The zero-order valence-corrected chi connectivity index (χ0v) is 28.4. The van der Waals surface area contributed by atoms with Crippen molar-refractivity contribution in [2.45, 2.75) is 31.1 Å². The maximum Gasteiger partial charge on any atom is 0.261 e. The first kappa shape index (κ1) is 32.3. The number of methoxy groups -OCH3 is 2. The Balaban J connectivity index is 1.27. The van der Waals surface area contributed by atoms with Gasteiger partial charge in [-0.05, 0) is 60.1 Å². The Morgan fingerprint density at radius 2 is 1.79 bits per heavy atom. The molecule has 0 saturated carbocycles. The molecule has 1 atom stereocenters. The lowest BCUT2D eigenvalue weighted by atomic mass is 9.99. The van der Waals surface area contributed by atoms with Gasteiger partial charge in [0.05, 0.1) is 54.6 Å². The maximum absolute atomic E-state index is 14.0. The number of carbonyl (C=O) groups excluding carboxylic acids is 2. The first-order chi connectivity index (χ1) is 23.0. The SMILES string of the molecule is CCOc1ccc(-n2c(CNC(=O)c3cccs3)nnc2SCC(=O)N2N=C(c3cccs3)C[C@@H]2c2cccc(OC)c2OC)cc1. The maximum atomic E-state index is 14.0. The second-order valence-corrected chi connectivity index (χ2v) is 13.0. The van der Waals surface area contributed by atoms with Crippen LogP contribution in [0.3, 0.4) is 0 Å². The molecule has 0 saturated heterocycles. The number of amides is 2. The minimum atomic E-state index is -0.391. The van der Waals surface area contributed by atoms with E-state index >= 15 is 0 Å². The second kappa shape index (κ2) is 14.8. The van der Waals surface area contributed by atoms with Gasteiger partial charge in [0, 0.05) is 17.7 Å². The van der Waals surface area contributed by atoms with Crippen LogP contribution in [0.4, 0.5) is 0 Å². The number of nitrogens with one attached hydrogen (secondary N) is 1. The summed E-state index contributed by atoms with van der Waals surface area (Å²) in [6.45, 7) is 2.62. The van der Waals surface area contributed by atoms with E-state index in [2.05, 4.69) is 15.5 Å². The minimum Gasteiger partial charge on any atom is -0.494 e. The summed E-state index contributed by atoms with van der Waals surface area (Å²) < 4.78 is 18.8. The van der Waals surface area contributed by atoms with Crippen LogP contribution in [-0.2, 0) is 11.3 Å². The molecule has 5 aromatic rings. The van der Waals surface area contributed by atoms with E-state index in [-0.39, 0.29) is 24.1 Å². The van der Waals surface area contributed by atoms with Crippen molar-refractivity contribution in [3.8, 4) is 22.9 Å². The summed E-state index contributed by atoms with van der Waals surface area (Å²) in [6.07, 6.45) is 0.525. The van der Waals surface area contributed by atoms with E-state index in [4.69, 9.17) is 19.3 Å². The molecule has 1 aliphatic heterocycles. The van der Waals surface area contributed by atoms with Crippen LogP contribution in [0.5, 0.6) is 17.2 Å². The number of rotatable bonds is 13. The van der Waals surface area contributed by atoms with Crippen LogP contribution in [0.2, 0.25) is 0 Å². The molecule has 0 radical (unpaired) electrons. The number of hydrogen-bond acceptors (Lipinski definition) is 11. The molecule has 47 heavy (non-hydrogen) atoms. The van der Waals surface area contributed by atoms with Gasteiger partial charge in [-0.15, -0.1) is 32.9 Å². The van der Waals surface area contributed by atoms with Crippen molar-refractivity contribution in [3.63, 3.8) is 0 Å². The largest absolute Gasteiger partial charge is 0.494 e. The third kappa shape index (κ3) is 7.04. The van der Waals surface area contributed by atoms with E-state index in [1.165, 1.54) is 23.1 Å². The molecule has 2 aromatic carbocycles. The van der Waals surface area contributed by atoms with E-state index in [1.54, 1.807) is 36.6 Å². The standard InChI is InChI=1S/C33H32N6O5S3/c1-4-44-22-14-12-21(13-15-22)38-29(19-34-32(41)28-11-7-17-46-28)35-36-33(38)47-20-30(40)39-25(18-24(37-39)27-10-6-16-45-27)23-8-5-9-26(42-2)31(23)43-3/h5-17,25H,4,18-20H2,1-3H3,(H,34,41)/t25-/m1/s1. The van der Waals surface area contributed by atoms with Gasteiger partial charge >= 0.3 is 0 Å². The molecule has 0 aliphatic carbocycles. The van der Waals surface area contributed by atoms with Gasteiger partial charge in [-0.1, -0.05) is 36.0 Å². The van der Waals surface area contributed by atoms with Gasteiger partial charge in [-0.25, -0.2) is 5.01 Å². The minimum absolute atomic E-state index is 0.0424. The second-order valence-electron chi connectivity index (χ2n) is 10.2. The summed E-state index contributed by atoms with van der Waals surface area (Å²) in [7, 11) is 3.18. The van der Waals surface area contributed by atoms with E-state index in [1.807, 2.05) is 82.9 Å². The van der Waals surface area contributed by atoms with Crippen molar-refractivity contribution >= 4 is 52.0 Å². The lowest BCUT2D eigenvalue weighted by Gasteiger charge is -2.24. The quantitative estimate of drug-likeness (QED) is 0.145. The Hall–Kier alpha value is -4.66. The van der Waals surface area contributed by atoms with Gasteiger partial charge in [-0.3, -0.25) is 14.2 Å². The summed E-state index contributed by atoms with van der Waals surface area (Å²) in [6, 6.07) is 20.4. The molecular formula is C33H32N6O5S3. The molecule has 4 heterocycles. The van der Waals surface area contributed by atoms with Crippen LogP contribution in [0, 0.1) is 0 Å². The molecule has 11 nitrogen and oxygen atoms in total. The Kier molecular flexibility index (Phi) is 10.2. The molecule has 1 N–H and O–H groups in total. The van der Waals surface area contributed by atoms with Gasteiger partial charge in [0.25, 0.3) is 11.8 Å². The number of thiophene rings is 2. The van der Waals surface area contributed by atoms with Crippen LogP contribution in [0.15, 0.2) is 87.7 Å². The van der Waals surface area contributed by atoms with Gasteiger partial charge < -0.3 is 19.5 Å². The van der Waals surface area contributed by atoms with E-state index < -0.39 is 6.04 Å². The average Bonchev–Trinajstić information content (AvgIpc) is 3.93. The first-order valence-electron chi connectivity index (χ1n) is 14.8. The number of thioether (sulfide) groups is 1. The number of aromatic nitrogens is 3. The highest BCUT2D eigenvalue weighted by Crippen LogP contribution is 2.42. The van der Waals surface area contributed by atoms with Gasteiger partial charge in [-0.2, -0.15) is 5.10 Å². The number of hydrogen-bond donors (Lipinski definition) is 1. The van der Waals surface area contributed by atoms with Crippen molar-refractivity contribution < 1.29 is 23.8 Å². The Morgan fingerprint density at radius 1 is 0.979 bits per heavy atom. The molecule has 0 bridgehead atoms. The molecule has 242 valence electrons. The number of carbonyl (C=O) groups is 2. The van der Waals surface area contributed by atoms with E-state index in [0.29, 0.717) is 40.4 Å². The van der Waals surface area contributed by atoms with E-state index in [9.17, 15) is 9.59 Å². The fourth-order valence-corrected chi connectivity index (χ4v) is 7.41. The number of para-hydroxylation sites is 1. The van der Waals surface area contributed by atoms with Crippen LogP contribution in [0.25, 0.3) is 5.69 Å². The van der Waals surface area contributed by atoms with Gasteiger partial charge in [0.2, 0.25) is 0 Å². The summed E-state index contributed by atoms with van der Waals surface area (Å²) in [5, 5.41) is 22.5. The van der Waals surface area contributed by atoms with Crippen molar-refractivity contribution in [2.24, 2.45) is 5.10 Å².